The molecule has 30 heavy (non-hydrogen) atoms. The summed E-state index contributed by atoms with van der Waals surface area (Å²) in [5.74, 6) is 0.447. The number of benzene rings is 2. The second-order valence-corrected chi connectivity index (χ2v) is 7.55. The fraction of sp³-hybridized carbons (Fsp3) is 0.286. The summed E-state index contributed by atoms with van der Waals surface area (Å²) in [6.45, 7) is 2.33. The zero-order valence-electron chi connectivity index (χ0n) is 16.0. The van der Waals surface area contributed by atoms with Crippen LogP contribution in [-0.4, -0.2) is 23.3 Å². The number of hydrogen-bond acceptors (Lipinski definition) is 5. The molecule has 0 saturated heterocycles. The molecule has 0 fully saturated rings. The van der Waals surface area contributed by atoms with Crippen LogP contribution in [0.15, 0.2) is 53.3 Å². The second-order valence-electron chi connectivity index (χ2n) is 6.48. The van der Waals surface area contributed by atoms with E-state index in [0.29, 0.717) is 29.2 Å². The molecule has 1 atom stereocenters. The normalized spacial score (nSPS) is 12.7. The number of alkyl halides is 3. The van der Waals surface area contributed by atoms with E-state index in [4.69, 9.17) is 9.47 Å². The van der Waals surface area contributed by atoms with Gasteiger partial charge in [0.1, 0.15) is 18.5 Å². The lowest BCUT2D eigenvalue weighted by atomic mass is 10.1. The molecule has 1 heterocycles. The third-order valence-electron chi connectivity index (χ3n) is 4.37. The van der Waals surface area contributed by atoms with Gasteiger partial charge in [0.2, 0.25) is 5.88 Å². The summed E-state index contributed by atoms with van der Waals surface area (Å²) in [6, 6.07) is 12.0. The first-order valence-corrected chi connectivity index (χ1v) is 9.99. The molecule has 2 N–H and O–H groups in total. The maximum Gasteiger partial charge on any atom is 0.416 e. The zero-order chi connectivity index (χ0) is 21.7. The van der Waals surface area contributed by atoms with Crippen molar-refractivity contribution in [1.82, 2.24) is 4.98 Å². The number of halogens is 3. The lowest BCUT2D eigenvalue weighted by Crippen LogP contribution is -2.14. The molecule has 0 radical (unpaired) electrons. The molecule has 1 aromatic heterocycles. The molecule has 0 aliphatic rings. The number of thiazole rings is 1. The van der Waals surface area contributed by atoms with E-state index in [0.717, 1.165) is 29.0 Å². The van der Waals surface area contributed by atoms with Crippen molar-refractivity contribution >= 4 is 11.3 Å². The fourth-order valence-electron chi connectivity index (χ4n) is 2.86. The third-order valence-corrected chi connectivity index (χ3v) is 5.24. The van der Waals surface area contributed by atoms with Gasteiger partial charge in [-0.3, -0.25) is 9.78 Å². The standard InChI is InChI=1S/C21H20F3NO4S/c1-2-28-17(14-5-7-15(8-6-14)21(22,23)24)12-29-16-9-3-13(4-10-16)11-18-19(26)25-20(27)30-18/h3-10,17,26H,2,11-12H2,1H3,(H,25,27). The number of aromatic nitrogens is 1. The van der Waals surface area contributed by atoms with Crippen LogP contribution in [0.1, 0.15) is 34.6 Å². The molecule has 2 aromatic carbocycles. The predicted molar refractivity (Wildman–Crippen MR) is 107 cm³/mol. The number of aromatic amines is 1. The average molecular weight is 439 g/mol. The number of nitrogens with one attached hydrogen (secondary N) is 1. The van der Waals surface area contributed by atoms with Gasteiger partial charge < -0.3 is 14.6 Å². The molecule has 9 heteroatoms. The van der Waals surface area contributed by atoms with Crippen molar-refractivity contribution in [3.8, 4) is 11.6 Å². The molecule has 0 amide bonds. The molecule has 160 valence electrons. The van der Waals surface area contributed by atoms with Crippen LogP contribution in [0.4, 0.5) is 13.2 Å². The van der Waals surface area contributed by atoms with Crippen LogP contribution in [-0.2, 0) is 17.3 Å². The van der Waals surface area contributed by atoms with E-state index in [1.165, 1.54) is 12.1 Å². The number of rotatable bonds is 8. The van der Waals surface area contributed by atoms with E-state index in [2.05, 4.69) is 4.98 Å². The molecule has 3 aromatic rings. The van der Waals surface area contributed by atoms with Crippen molar-refractivity contribution in [1.29, 1.82) is 0 Å². The third kappa shape index (κ3) is 5.64. The topological polar surface area (TPSA) is 71.5 Å². The highest BCUT2D eigenvalue weighted by atomic mass is 32.1. The van der Waals surface area contributed by atoms with Gasteiger partial charge >= 0.3 is 11.0 Å². The lowest BCUT2D eigenvalue weighted by molar-refractivity contribution is -0.137. The molecular weight excluding hydrogens is 419 g/mol. The summed E-state index contributed by atoms with van der Waals surface area (Å²) in [7, 11) is 0. The summed E-state index contributed by atoms with van der Waals surface area (Å²) in [5.41, 5.74) is 0.771. The minimum absolute atomic E-state index is 0.124. The Morgan fingerprint density at radius 2 is 1.77 bits per heavy atom. The summed E-state index contributed by atoms with van der Waals surface area (Å²) >= 11 is 0.954. The van der Waals surface area contributed by atoms with Gasteiger partial charge in [-0.15, -0.1) is 0 Å². The molecule has 0 bridgehead atoms. The second kappa shape index (κ2) is 9.36. The maximum absolute atomic E-state index is 12.7. The van der Waals surface area contributed by atoms with Gasteiger partial charge in [-0.1, -0.05) is 35.6 Å². The molecule has 0 aliphatic carbocycles. The van der Waals surface area contributed by atoms with Gasteiger partial charge in [0.05, 0.1) is 10.4 Å². The first-order chi connectivity index (χ1) is 14.3. The Kier molecular flexibility index (Phi) is 6.84. The molecular formula is C21H20F3NO4S. The Bertz CT molecular complexity index is 1010. The molecule has 0 saturated carbocycles. The van der Waals surface area contributed by atoms with Gasteiger partial charge in [0.25, 0.3) is 0 Å². The van der Waals surface area contributed by atoms with Crippen LogP contribution in [0.25, 0.3) is 0 Å². The first-order valence-electron chi connectivity index (χ1n) is 9.17. The maximum atomic E-state index is 12.7. The van der Waals surface area contributed by atoms with Gasteiger partial charge in [-0.25, -0.2) is 0 Å². The Morgan fingerprint density at radius 3 is 2.30 bits per heavy atom. The number of aromatic hydroxyl groups is 1. The minimum atomic E-state index is -4.38. The Balaban J connectivity index is 1.63. The number of ether oxygens (including phenoxy) is 2. The van der Waals surface area contributed by atoms with Crippen LogP contribution >= 0.6 is 11.3 Å². The molecule has 0 aliphatic heterocycles. The van der Waals surface area contributed by atoms with Crippen molar-refractivity contribution in [3.63, 3.8) is 0 Å². The van der Waals surface area contributed by atoms with Gasteiger partial charge in [-0.2, -0.15) is 13.2 Å². The van der Waals surface area contributed by atoms with Crippen molar-refractivity contribution < 1.29 is 27.8 Å². The Labute approximate surface area is 174 Å². The van der Waals surface area contributed by atoms with Gasteiger partial charge in [0, 0.05) is 13.0 Å². The van der Waals surface area contributed by atoms with E-state index in [1.54, 1.807) is 19.1 Å². The Morgan fingerprint density at radius 1 is 1.10 bits per heavy atom. The minimum Gasteiger partial charge on any atom is -0.494 e. The van der Waals surface area contributed by atoms with Crippen LogP contribution in [0.3, 0.4) is 0 Å². The van der Waals surface area contributed by atoms with Crippen molar-refractivity contribution in [3.05, 3.63) is 79.8 Å². The molecule has 0 spiro atoms. The largest absolute Gasteiger partial charge is 0.494 e. The van der Waals surface area contributed by atoms with Crippen LogP contribution < -0.4 is 9.61 Å². The van der Waals surface area contributed by atoms with Gasteiger partial charge in [0.15, 0.2) is 0 Å². The number of H-pyrrole nitrogens is 1. The zero-order valence-corrected chi connectivity index (χ0v) is 16.8. The predicted octanol–water partition coefficient (Wildman–Crippen LogP) is 4.91. The summed E-state index contributed by atoms with van der Waals surface area (Å²) in [4.78, 5) is 13.8. The van der Waals surface area contributed by atoms with Crippen LogP contribution in [0.5, 0.6) is 11.6 Å². The summed E-state index contributed by atoms with van der Waals surface area (Å²) in [5, 5.41) is 9.67. The van der Waals surface area contributed by atoms with Gasteiger partial charge in [-0.05, 0) is 42.3 Å². The van der Waals surface area contributed by atoms with Crippen LogP contribution in [0, 0.1) is 0 Å². The summed E-state index contributed by atoms with van der Waals surface area (Å²) < 4.78 is 49.6. The highest BCUT2D eigenvalue weighted by molar-refractivity contribution is 7.09. The van der Waals surface area contributed by atoms with E-state index in [1.807, 2.05) is 12.1 Å². The average Bonchev–Trinajstić information content (AvgIpc) is 3.02. The van der Waals surface area contributed by atoms with Crippen LogP contribution in [0.2, 0.25) is 0 Å². The molecule has 3 rings (SSSR count). The Hall–Kier alpha value is -2.78. The first kappa shape index (κ1) is 21.9. The highest BCUT2D eigenvalue weighted by Gasteiger charge is 2.30. The SMILES string of the molecule is CCOC(COc1ccc(Cc2sc(=O)[nH]c2O)cc1)c1ccc(C(F)(F)F)cc1. The number of hydrogen-bond donors (Lipinski definition) is 2. The quantitative estimate of drug-likeness (QED) is 0.523. The smallest absolute Gasteiger partial charge is 0.416 e. The molecule has 1 unspecified atom stereocenters. The van der Waals surface area contributed by atoms with Crippen molar-refractivity contribution in [2.24, 2.45) is 0 Å². The molecule has 5 nitrogen and oxygen atoms in total. The van der Waals surface area contributed by atoms with E-state index < -0.39 is 17.8 Å². The highest BCUT2D eigenvalue weighted by Crippen LogP contribution is 2.30. The monoisotopic (exact) mass is 439 g/mol. The van der Waals surface area contributed by atoms with E-state index in [-0.39, 0.29) is 17.4 Å². The fourth-order valence-corrected chi connectivity index (χ4v) is 3.62. The summed E-state index contributed by atoms with van der Waals surface area (Å²) in [6.07, 6.45) is -4.49. The van der Waals surface area contributed by atoms with E-state index >= 15 is 0 Å². The van der Waals surface area contributed by atoms with Crippen molar-refractivity contribution in [2.45, 2.75) is 25.6 Å². The van der Waals surface area contributed by atoms with E-state index in [9.17, 15) is 23.1 Å². The lowest BCUT2D eigenvalue weighted by Gasteiger charge is -2.19. The van der Waals surface area contributed by atoms with Crippen molar-refractivity contribution in [2.75, 3.05) is 13.2 Å².